The lowest BCUT2D eigenvalue weighted by atomic mass is 9.97. The van der Waals surface area contributed by atoms with Gasteiger partial charge in [0.1, 0.15) is 10.6 Å². The fourth-order valence-corrected chi connectivity index (χ4v) is 7.08. The van der Waals surface area contributed by atoms with Gasteiger partial charge in [-0.1, -0.05) is 11.8 Å². The van der Waals surface area contributed by atoms with Crippen molar-refractivity contribution in [3.8, 4) is 11.4 Å². The van der Waals surface area contributed by atoms with Gasteiger partial charge in [0, 0.05) is 14.6 Å². The Labute approximate surface area is 221 Å². The Morgan fingerprint density at radius 1 is 1.19 bits per heavy atom. The maximum absolute atomic E-state index is 13.8. The lowest BCUT2D eigenvalue weighted by molar-refractivity contribution is -0.118. The summed E-state index contributed by atoms with van der Waals surface area (Å²) in [5.74, 6) is 0.562. The molecule has 1 aliphatic carbocycles. The Kier molecular flexibility index (Phi) is 7.54. The molecule has 0 unspecified atom stereocenters. The van der Waals surface area contributed by atoms with Crippen LogP contribution in [0.2, 0.25) is 0 Å². The highest BCUT2D eigenvalue weighted by Gasteiger charge is 2.23. The van der Waals surface area contributed by atoms with Crippen molar-refractivity contribution in [2.45, 2.75) is 44.7 Å². The van der Waals surface area contributed by atoms with Crippen LogP contribution in [0, 0.1) is 6.92 Å². The van der Waals surface area contributed by atoms with E-state index >= 15 is 0 Å². The molecule has 1 N–H and O–H groups in total. The van der Waals surface area contributed by atoms with Crippen LogP contribution in [-0.2, 0) is 17.6 Å². The van der Waals surface area contributed by atoms with Crippen molar-refractivity contribution in [3.05, 3.63) is 66.9 Å². The van der Waals surface area contributed by atoms with Crippen LogP contribution in [0.3, 0.4) is 0 Å². The van der Waals surface area contributed by atoms with Gasteiger partial charge < -0.3 is 4.74 Å². The molecule has 5 rings (SSSR count). The van der Waals surface area contributed by atoms with Gasteiger partial charge in [-0.2, -0.15) is 5.10 Å². The van der Waals surface area contributed by atoms with Crippen molar-refractivity contribution in [3.63, 3.8) is 0 Å². The third-order valence-corrected chi connectivity index (χ3v) is 8.90. The number of rotatable bonds is 8. The number of thiophene rings is 2. The Morgan fingerprint density at radius 3 is 2.75 bits per heavy atom. The van der Waals surface area contributed by atoms with Crippen molar-refractivity contribution < 1.29 is 9.53 Å². The summed E-state index contributed by atoms with van der Waals surface area (Å²) in [5, 5.41) is 5.26. The van der Waals surface area contributed by atoms with E-state index < -0.39 is 0 Å². The molecule has 10 heteroatoms. The average Bonchev–Trinajstić information content (AvgIpc) is 3.46. The molecule has 4 aromatic rings. The number of benzene rings is 1. The highest BCUT2D eigenvalue weighted by atomic mass is 32.2. The predicted octanol–water partition coefficient (Wildman–Crippen LogP) is 5.34. The van der Waals surface area contributed by atoms with Crippen LogP contribution >= 0.6 is 34.4 Å². The minimum absolute atomic E-state index is 0.0842. The molecule has 0 saturated heterocycles. The number of carbonyl (C=O) groups excluding carboxylic acids is 1. The van der Waals surface area contributed by atoms with Crippen LogP contribution in [0.15, 0.2) is 51.5 Å². The molecule has 186 valence electrons. The molecule has 3 heterocycles. The lowest BCUT2D eigenvalue weighted by Crippen LogP contribution is -2.24. The van der Waals surface area contributed by atoms with E-state index in [9.17, 15) is 9.59 Å². The van der Waals surface area contributed by atoms with Crippen molar-refractivity contribution >= 4 is 56.8 Å². The van der Waals surface area contributed by atoms with Gasteiger partial charge in [-0.25, -0.2) is 10.4 Å². The number of nitrogens with zero attached hydrogens (tertiary/aromatic N) is 3. The molecule has 1 aromatic carbocycles. The quantitative estimate of drug-likeness (QED) is 0.142. The molecule has 0 fully saturated rings. The van der Waals surface area contributed by atoms with E-state index in [-0.39, 0.29) is 17.2 Å². The number of carbonyl (C=O) groups is 1. The SMILES string of the molecule is CCOc1ccc(-n2c(SCC(=O)NN=Cc3ccc(C)s3)nc3sc4c(c3c2=O)CCCC4)cc1. The number of fused-ring (bicyclic) bond motifs is 3. The number of ether oxygens (including phenoxy) is 1. The molecule has 0 aliphatic heterocycles. The van der Waals surface area contributed by atoms with Crippen molar-refractivity contribution in [1.29, 1.82) is 0 Å². The normalized spacial score (nSPS) is 13.3. The Morgan fingerprint density at radius 2 is 2.00 bits per heavy atom. The monoisotopic (exact) mass is 538 g/mol. The summed E-state index contributed by atoms with van der Waals surface area (Å²) in [7, 11) is 0. The molecule has 7 nitrogen and oxygen atoms in total. The molecule has 36 heavy (non-hydrogen) atoms. The summed E-state index contributed by atoms with van der Waals surface area (Å²) in [6.45, 7) is 4.52. The zero-order valence-corrected chi connectivity index (χ0v) is 22.5. The number of aryl methyl sites for hydroxylation is 3. The van der Waals surface area contributed by atoms with Gasteiger partial charge in [-0.15, -0.1) is 22.7 Å². The Balaban J connectivity index is 1.45. The summed E-state index contributed by atoms with van der Waals surface area (Å²) >= 11 is 4.45. The molecule has 0 spiro atoms. The van der Waals surface area contributed by atoms with Gasteiger partial charge in [-0.05, 0) is 81.5 Å². The largest absolute Gasteiger partial charge is 0.494 e. The van der Waals surface area contributed by atoms with Crippen molar-refractivity contribution in [2.24, 2.45) is 5.10 Å². The zero-order chi connectivity index (χ0) is 25.1. The molecule has 0 atom stereocenters. The predicted molar refractivity (Wildman–Crippen MR) is 149 cm³/mol. The van der Waals surface area contributed by atoms with E-state index in [2.05, 4.69) is 10.5 Å². The molecule has 0 bridgehead atoms. The molecular weight excluding hydrogens is 513 g/mol. The average molecular weight is 539 g/mol. The zero-order valence-electron chi connectivity index (χ0n) is 20.1. The summed E-state index contributed by atoms with van der Waals surface area (Å²) in [6.07, 6.45) is 5.76. The maximum Gasteiger partial charge on any atom is 0.267 e. The Hall–Kier alpha value is -2.95. The highest BCUT2D eigenvalue weighted by Crippen LogP contribution is 2.35. The number of nitrogens with one attached hydrogen (secondary N) is 1. The Bertz CT molecular complexity index is 1480. The van der Waals surface area contributed by atoms with Crippen LogP contribution in [0.4, 0.5) is 0 Å². The fraction of sp³-hybridized carbons (Fsp3) is 0.308. The molecule has 1 amide bonds. The summed E-state index contributed by atoms with van der Waals surface area (Å²) in [5.41, 5.74) is 4.33. The van der Waals surface area contributed by atoms with Gasteiger partial charge in [0.15, 0.2) is 5.16 Å². The number of hydrazone groups is 1. The molecule has 3 aromatic heterocycles. The number of hydrogen-bond donors (Lipinski definition) is 1. The second kappa shape index (κ2) is 11.0. The first-order chi connectivity index (χ1) is 17.5. The summed E-state index contributed by atoms with van der Waals surface area (Å²) in [6, 6.07) is 11.4. The third-order valence-electron chi connectivity index (χ3n) is 5.84. The van der Waals surface area contributed by atoms with Crippen molar-refractivity contribution in [1.82, 2.24) is 15.0 Å². The van der Waals surface area contributed by atoms with Crippen molar-refractivity contribution in [2.75, 3.05) is 12.4 Å². The fourth-order valence-electron chi connectivity index (χ4n) is 4.22. The minimum atomic E-state index is -0.261. The van der Waals surface area contributed by atoms with Crippen LogP contribution < -0.4 is 15.7 Å². The van der Waals surface area contributed by atoms with Gasteiger partial charge in [0.25, 0.3) is 11.5 Å². The van der Waals surface area contributed by atoms with E-state index in [0.717, 1.165) is 46.7 Å². The first-order valence-electron chi connectivity index (χ1n) is 11.8. The minimum Gasteiger partial charge on any atom is -0.494 e. The number of hydrogen-bond acceptors (Lipinski definition) is 8. The maximum atomic E-state index is 13.8. The first-order valence-corrected chi connectivity index (χ1v) is 14.5. The van der Waals surface area contributed by atoms with Gasteiger partial charge >= 0.3 is 0 Å². The van der Waals surface area contributed by atoms with Gasteiger partial charge in [-0.3, -0.25) is 14.2 Å². The number of amides is 1. The van der Waals surface area contributed by atoms with E-state index in [4.69, 9.17) is 9.72 Å². The molecule has 0 radical (unpaired) electrons. The van der Waals surface area contributed by atoms with Crippen LogP contribution in [0.1, 0.15) is 40.0 Å². The second-order valence-corrected chi connectivity index (χ2v) is 11.7. The van der Waals surface area contributed by atoms with Crippen LogP contribution in [0.25, 0.3) is 15.9 Å². The summed E-state index contributed by atoms with van der Waals surface area (Å²) in [4.78, 5) is 35.4. The van der Waals surface area contributed by atoms with E-state index in [1.165, 1.54) is 21.5 Å². The lowest BCUT2D eigenvalue weighted by Gasteiger charge is -2.14. The second-order valence-electron chi connectivity index (χ2n) is 8.38. The highest BCUT2D eigenvalue weighted by molar-refractivity contribution is 7.99. The molecular formula is C26H26N4O3S3. The third kappa shape index (κ3) is 5.25. The van der Waals surface area contributed by atoms with E-state index in [1.807, 2.05) is 50.2 Å². The van der Waals surface area contributed by atoms with E-state index in [0.29, 0.717) is 22.8 Å². The molecule has 0 saturated carbocycles. The van der Waals surface area contributed by atoms with Gasteiger partial charge in [0.2, 0.25) is 0 Å². The molecule has 1 aliphatic rings. The first kappa shape index (κ1) is 24.7. The smallest absolute Gasteiger partial charge is 0.267 e. The number of thioether (sulfide) groups is 1. The van der Waals surface area contributed by atoms with Crippen LogP contribution in [0.5, 0.6) is 5.75 Å². The standard InChI is InChI=1S/C26H26N4O3S3/c1-3-33-18-11-9-17(10-12-18)30-25(32)23-20-6-4-5-7-21(20)36-24(23)28-26(30)34-15-22(31)29-27-14-19-13-8-16(2)35-19/h8-14H,3-7,15H2,1-2H3,(H,29,31). The van der Waals surface area contributed by atoms with Crippen LogP contribution in [-0.4, -0.2) is 34.0 Å². The summed E-state index contributed by atoms with van der Waals surface area (Å²) < 4.78 is 7.19. The number of aromatic nitrogens is 2. The topological polar surface area (TPSA) is 85.6 Å². The van der Waals surface area contributed by atoms with Gasteiger partial charge in [0.05, 0.1) is 29.6 Å². The van der Waals surface area contributed by atoms with E-state index in [1.54, 1.807) is 33.5 Å².